The molecule has 0 fully saturated rings. The monoisotopic (exact) mass is 362 g/mol. The first-order chi connectivity index (χ1) is 11.4. The maximum atomic E-state index is 11.6. The molecule has 126 valence electrons. The van der Waals surface area contributed by atoms with E-state index in [4.69, 9.17) is 11.6 Å². The normalized spacial score (nSPS) is 13.1. The number of halogens is 1. The van der Waals surface area contributed by atoms with E-state index in [1.54, 1.807) is 6.07 Å². The van der Waals surface area contributed by atoms with Crippen molar-refractivity contribution in [1.29, 1.82) is 0 Å². The fourth-order valence-corrected chi connectivity index (χ4v) is 3.73. The zero-order valence-electron chi connectivity index (χ0n) is 13.5. The highest BCUT2D eigenvalue weighted by molar-refractivity contribution is 7.92. The molecular weight excluding hydrogens is 344 g/mol. The fourth-order valence-electron chi connectivity index (χ4n) is 3.03. The predicted molar refractivity (Wildman–Crippen MR) is 100 cm³/mol. The molecule has 1 N–H and O–H groups in total. The Kier molecular flexibility index (Phi) is 4.56. The molecule has 0 spiro atoms. The third kappa shape index (κ3) is 3.42. The van der Waals surface area contributed by atoms with Gasteiger partial charge in [0, 0.05) is 16.6 Å². The Labute approximate surface area is 147 Å². The Hall–Kier alpha value is -1.98. The van der Waals surface area contributed by atoms with Gasteiger partial charge in [-0.2, -0.15) is 0 Å². The molecule has 6 heteroatoms. The molecule has 0 radical (unpaired) electrons. The van der Waals surface area contributed by atoms with Gasteiger partial charge in [-0.15, -0.1) is 0 Å². The standard InChI is InChI=1S/C18H19ClN2O2S/c1-3-17(13-7-9-14(19)10-8-13)21-12-11-15-16(20-24(2,22)23)5-4-6-18(15)21/h4-12,17,20H,3H2,1-2H3. The maximum Gasteiger partial charge on any atom is 0.229 e. The molecule has 1 unspecified atom stereocenters. The summed E-state index contributed by atoms with van der Waals surface area (Å²) in [6, 6.07) is 15.6. The number of nitrogens with one attached hydrogen (secondary N) is 1. The molecule has 1 aromatic heterocycles. The summed E-state index contributed by atoms with van der Waals surface area (Å²) in [4.78, 5) is 0. The van der Waals surface area contributed by atoms with Crippen LogP contribution in [0.25, 0.3) is 10.9 Å². The van der Waals surface area contributed by atoms with Crippen LogP contribution in [-0.2, 0) is 10.0 Å². The summed E-state index contributed by atoms with van der Waals surface area (Å²) in [5, 5.41) is 1.60. The van der Waals surface area contributed by atoms with Gasteiger partial charge < -0.3 is 4.57 Å². The number of rotatable bonds is 5. The van der Waals surface area contributed by atoms with E-state index in [-0.39, 0.29) is 6.04 Å². The van der Waals surface area contributed by atoms with Crippen molar-refractivity contribution in [3.05, 3.63) is 65.3 Å². The topological polar surface area (TPSA) is 51.1 Å². The van der Waals surface area contributed by atoms with Crippen LogP contribution in [0.4, 0.5) is 5.69 Å². The van der Waals surface area contributed by atoms with E-state index < -0.39 is 10.0 Å². The van der Waals surface area contributed by atoms with Crippen molar-refractivity contribution in [3.8, 4) is 0 Å². The lowest BCUT2D eigenvalue weighted by Crippen LogP contribution is -2.10. The van der Waals surface area contributed by atoms with Crippen LogP contribution in [-0.4, -0.2) is 19.2 Å². The van der Waals surface area contributed by atoms with Crippen molar-refractivity contribution in [2.24, 2.45) is 0 Å². The molecule has 0 aliphatic heterocycles. The van der Waals surface area contributed by atoms with Gasteiger partial charge in [0.25, 0.3) is 0 Å². The lowest BCUT2D eigenvalue weighted by molar-refractivity contribution is 0.585. The van der Waals surface area contributed by atoms with Gasteiger partial charge in [0.1, 0.15) is 0 Å². The molecule has 4 nitrogen and oxygen atoms in total. The quantitative estimate of drug-likeness (QED) is 0.717. The highest BCUT2D eigenvalue weighted by Crippen LogP contribution is 2.31. The van der Waals surface area contributed by atoms with E-state index in [0.29, 0.717) is 10.7 Å². The first-order valence-corrected chi connectivity index (χ1v) is 9.99. The minimum atomic E-state index is -3.32. The second-order valence-electron chi connectivity index (χ2n) is 5.81. The van der Waals surface area contributed by atoms with Crippen molar-refractivity contribution in [2.75, 3.05) is 11.0 Å². The second kappa shape index (κ2) is 6.49. The summed E-state index contributed by atoms with van der Waals surface area (Å²) >= 11 is 5.99. The van der Waals surface area contributed by atoms with Gasteiger partial charge in [-0.3, -0.25) is 4.72 Å². The zero-order chi connectivity index (χ0) is 17.3. The highest BCUT2D eigenvalue weighted by Gasteiger charge is 2.16. The van der Waals surface area contributed by atoms with Gasteiger partial charge in [-0.25, -0.2) is 8.42 Å². The third-order valence-corrected chi connectivity index (χ3v) is 4.88. The van der Waals surface area contributed by atoms with Crippen molar-refractivity contribution in [3.63, 3.8) is 0 Å². The minimum Gasteiger partial charge on any atom is -0.340 e. The Morgan fingerprint density at radius 1 is 1.12 bits per heavy atom. The van der Waals surface area contributed by atoms with Crippen LogP contribution in [0.3, 0.4) is 0 Å². The molecule has 0 aliphatic rings. The second-order valence-corrected chi connectivity index (χ2v) is 8.00. The summed E-state index contributed by atoms with van der Waals surface area (Å²) in [6.45, 7) is 2.13. The molecule has 1 atom stereocenters. The van der Waals surface area contributed by atoms with Crippen LogP contribution in [0.5, 0.6) is 0 Å². The Bertz CT molecular complexity index is 962. The molecule has 1 heterocycles. The zero-order valence-corrected chi connectivity index (χ0v) is 15.1. The Balaban J connectivity index is 2.09. The van der Waals surface area contributed by atoms with Crippen LogP contribution in [0, 0.1) is 0 Å². The number of fused-ring (bicyclic) bond motifs is 1. The van der Waals surface area contributed by atoms with E-state index in [0.717, 1.165) is 23.6 Å². The molecule has 3 rings (SSSR count). The summed E-state index contributed by atoms with van der Waals surface area (Å²) in [5.41, 5.74) is 2.76. The van der Waals surface area contributed by atoms with E-state index in [9.17, 15) is 8.42 Å². The van der Waals surface area contributed by atoms with Crippen molar-refractivity contribution in [1.82, 2.24) is 4.57 Å². The third-order valence-electron chi connectivity index (χ3n) is 4.04. The Morgan fingerprint density at radius 2 is 1.83 bits per heavy atom. The number of aromatic nitrogens is 1. The van der Waals surface area contributed by atoms with Crippen LogP contribution < -0.4 is 4.72 Å². The molecular formula is C18H19ClN2O2S. The lowest BCUT2D eigenvalue weighted by Gasteiger charge is -2.19. The smallest absolute Gasteiger partial charge is 0.229 e. The van der Waals surface area contributed by atoms with Gasteiger partial charge in [-0.1, -0.05) is 36.7 Å². The van der Waals surface area contributed by atoms with Gasteiger partial charge in [0.05, 0.1) is 23.5 Å². The first kappa shape index (κ1) is 16.9. The van der Waals surface area contributed by atoms with Crippen LogP contribution in [0.15, 0.2) is 54.7 Å². The van der Waals surface area contributed by atoms with Gasteiger partial charge in [0.2, 0.25) is 10.0 Å². The van der Waals surface area contributed by atoms with E-state index in [1.165, 1.54) is 5.56 Å². The van der Waals surface area contributed by atoms with E-state index in [2.05, 4.69) is 16.2 Å². The molecule has 0 aliphatic carbocycles. The molecule has 3 aromatic rings. The first-order valence-electron chi connectivity index (χ1n) is 7.72. The van der Waals surface area contributed by atoms with E-state index >= 15 is 0 Å². The molecule has 2 aromatic carbocycles. The number of benzene rings is 2. The summed E-state index contributed by atoms with van der Waals surface area (Å²) < 4.78 is 27.9. The number of anilines is 1. The van der Waals surface area contributed by atoms with Gasteiger partial charge in [0.15, 0.2) is 0 Å². The Morgan fingerprint density at radius 3 is 2.46 bits per heavy atom. The highest BCUT2D eigenvalue weighted by atomic mass is 35.5. The fraction of sp³-hybridized carbons (Fsp3) is 0.222. The van der Waals surface area contributed by atoms with Crippen LogP contribution >= 0.6 is 11.6 Å². The average molecular weight is 363 g/mol. The van der Waals surface area contributed by atoms with E-state index in [1.807, 2.05) is 48.7 Å². The van der Waals surface area contributed by atoms with Gasteiger partial charge in [-0.05, 0) is 42.3 Å². The number of sulfonamides is 1. The number of hydrogen-bond donors (Lipinski definition) is 1. The lowest BCUT2D eigenvalue weighted by atomic mass is 10.0. The number of nitrogens with zero attached hydrogens (tertiary/aromatic N) is 1. The van der Waals surface area contributed by atoms with Crippen molar-refractivity contribution < 1.29 is 8.42 Å². The molecule has 0 bridgehead atoms. The molecule has 0 saturated heterocycles. The van der Waals surface area contributed by atoms with Crippen molar-refractivity contribution in [2.45, 2.75) is 19.4 Å². The average Bonchev–Trinajstić information content (AvgIpc) is 2.94. The molecule has 0 saturated carbocycles. The predicted octanol–water partition coefficient (Wildman–Crippen LogP) is 4.67. The number of hydrogen-bond acceptors (Lipinski definition) is 2. The van der Waals surface area contributed by atoms with Crippen LogP contribution in [0.2, 0.25) is 5.02 Å². The van der Waals surface area contributed by atoms with Crippen LogP contribution in [0.1, 0.15) is 24.9 Å². The summed E-state index contributed by atoms with van der Waals surface area (Å²) in [7, 11) is -3.32. The molecule has 24 heavy (non-hydrogen) atoms. The minimum absolute atomic E-state index is 0.160. The van der Waals surface area contributed by atoms with Crippen molar-refractivity contribution >= 4 is 38.2 Å². The molecule has 0 amide bonds. The van der Waals surface area contributed by atoms with Gasteiger partial charge >= 0.3 is 0 Å². The SMILES string of the molecule is CCC(c1ccc(Cl)cc1)n1ccc2c(NS(C)(=O)=O)cccc21. The maximum absolute atomic E-state index is 11.6. The largest absolute Gasteiger partial charge is 0.340 e. The summed E-state index contributed by atoms with van der Waals surface area (Å²) in [5.74, 6) is 0. The summed E-state index contributed by atoms with van der Waals surface area (Å²) in [6.07, 6.45) is 4.07.